The van der Waals surface area contributed by atoms with Crippen LogP contribution in [0.4, 0.5) is 4.39 Å². The van der Waals surface area contributed by atoms with Gasteiger partial charge in [0.1, 0.15) is 5.82 Å². The molecule has 0 aromatic heterocycles. The number of likely N-dealkylation sites (N-methyl/N-ethyl adjacent to an activating group) is 1. The van der Waals surface area contributed by atoms with Crippen LogP contribution < -0.4 is 0 Å². The smallest absolute Gasteiger partial charge is 0.123 e. The van der Waals surface area contributed by atoms with Crippen molar-refractivity contribution in [3.05, 3.63) is 35.6 Å². The summed E-state index contributed by atoms with van der Waals surface area (Å²) in [6.45, 7) is 5.36. The third-order valence-corrected chi connectivity index (χ3v) is 6.15. The quantitative estimate of drug-likeness (QED) is 0.904. The maximum absolute atomic E-state index is 13.6. The van der Waals surface area contributed by atoms with Crippen molar-refractivity contribution in [2.75, 3.05) is 39.8 Å². The molecular weight excluding hydrogens is 315 g/mol. The zero-order valence-electron chi connectivity index (χ0n) is 15.6. The number of hydrogen-bond donors (Lipinski definition) is 1. The van der Waals surface area contributed by atoms with Crippen molar-refractivity contribution in [1.29, 1.82) is 0 Å². The van der Waals surface area contributed by atoms with Crippen LogP contribution in [0.25, 0.3) is 0 Å². The minimum atomic E-state index is -0.711. The summed E-state index contributed by atoms with van der Waals surface area (Å²) in [5, 5.41) is 11.6. The molecule has 1 aliphatic carbocycles. The maximum Gasteiger partial charge on any atom is 0.123 e. The normalized spacial score (nSPS) is 30.0. The van der Waals surface area contributed by atoms with Gasteiger partial charge in [0, 0.05) is 45.1 Å². The molecule has 0 bridgehead atoms. The van der Waals surface area contributed by atoms with Gasteiger partial charge in [-0.25, -0.2) is 4.39 Å². The molecule has 0 amide bonds. The average molecular weight is 349 g/mol. The first-order chi connectivity index (χ1) is 12.0. The van der Waals surface area contributed by atoms with Crippen LogP contribution in [-0.2, 0) is 6.42 Å². The second-order valence-corrected chi connectivity index (χ2v) is 8.16. The summed E-state index contributed by atoms with van der Waals surface area (Å²) in [5.74, 6) is 0.0713. The number of piperazine rings is 1. The Kier molecular flexibility index (Phi) is 6.48. The zero-order valence-corrected chi connectivity index (χ0v) is 15.6. The molecule has 0 spiro atoms. The first kappa shape index (κ1) is 18.8. The van der Waals surface area contributed by atoms with Gasteiger partial charge < -0.3 is 14.9 Å². The summed E-state index contributed by atoms with van der Waals surface area (Å²) < 4.78 is 13.6. The molecule has 2 aliphatic rings. The Morgan fingerprint density at radius 2 is 1.88 bits per heavy atom. The Balaban J connectivity index is 1.72. The fourth-order valence-electron chi connectivity index (χ4n) is 4.48. The highest BCUT2D eigenvalue weighted by Gasteiger charge is 2.38. The Labute approximate surface area is 151 Å². The van der Waals surface area contributed by atoms with Crippen LogP contribution in [0.15, 0.2) is 24.3 Å². The number of aliphatic hydroxyl groups is 1. The van der Waals surface area contributed by atoms with Gasteiger partial charge in [0.15, 0.2) is 0 Å². The van der Waals surface area contributed by atoms with Crippen molar-refractivity contribution in [3.63, 3.8) is 0 Å². The zero-order chi connectivity index (χ0) is 17.7. The Hall–Kier alpha value is -0.970. The SMILES string of the molecule is CN1CCN(CC2CCCCCCC2(O)Cc2cccc(F)c2)CC1. The standard InChI is InChI=1S/C21H33FN2O/c1-23-11-13-24(14-12-23)17-19-8-4-2-3-5-10-21(19,25)16-18-7-6-9-20(22)15-18/h6-7,9,15,19,25H,2-5,8,10-14,16-17H2,1H3. The van der Waals surface area contributed by atoms with E-state index in [9.17, 15) is 9.50 Å². The highest BCUT2D eigenvalue weighted by atomic mass is 19.1. The van der Waals surface area contributed by atoms with Gasteiger partial charge in [0.25, 0.3) is 0 Å². The van der Waals surface area contributed by atoms with E-state index in [1.54, 1.807) is 12.1 Å². The van der Waals surface area contributed by atoms with E-state index in [2.05, 4.69) is 16.8 Å². The van der Waals surface area contributed by atoms with Crippen molar-refractivity contribution < 1.29 is 9.50 Å². The fraction of sp³-hybridized carbons (Fsp3) is 0.714. The van der Waals surface area contributed by atoms with Crippen LogP contribution in [0, 0.1) is 11.7 Å². The number of rotatable bonds is 4. The molecule has 1 aromatic rings. The van der Waals surface area contributed by atoms with Gasteiger partial charge >= 0.3 is 0 Å². The molecule has 140 valence electrons. The molecule has 0 radical (unpaired) electrons. The monoisotopic (exact) mass is 348 g/mol. The first-order valence-electron chi connectivity index (χ1n) is 9.93. The Morgan fingerprint density at radius 3 is 2.64 bits per heavy atom. The van der Waals surface area contributed by atoms with E-state index in [1.165, 1.54) is 25.3 Å². The van der Waals surface area contributed by atoms with Gasteiger partial charge in [0.2, 0.25) is 0 Å². The van der Waals surface area contributed by atoms with Crippen molar-refractivity contribution in [3.8, 4) is 0 Å². The Bertz CT molecular complexity index is 544. The van der Waals surface area contributed by atoms with Gasteiger partial charge in [-0.2, -0.15) is 0 Å². The van der Waals surface area contributed by atoms with E-state index in [-0.39, 0.29) is 11.7 Å². The van der Waals surface area contributed by atoms with Gasteiger partial charge in [-0.1, -0.05) is 37.8 Å². The summed E-state index contributed by atoms with van der Waals surface area (Å²) in [4.78, 5) is 4.89. The summed E-state index contributed by atoms with van der Waals surface area (Å²) >= 11 is 0. The van der Waals surface area contributed by atoms with E-state index in [1.807, 2.05) is 6.07 Å². The summed E-state index contributed by atoms with van der Waals surface area (Å²) in [6, 6.07) is 6.77. The van der Waals surface area contributed by atoms with Crippen LogP contribution in [0.5, 0.6) is 0 Å². The second-order valence-electron chi connectivity index (χ2n) is 8.16. The van der Waals surface area contributed by atoms with Gasteiger partial charge in [-0.3, -0.25) is 0 Å². The highest BCUT2D eigenvalue weighted by molar-refractivity contribution is 5.19. The van der Waals surface area contributed by atoms with Crippen LogP contribution in [0.3, 0.4) is 0 Å². The van der Waals surface area contributed by atoms with Gasteiger partial charge in [-0.15, -0.1) is 0 Å². The summed E-state index contributed by atoms with van der Waals surface area (Å²) in [7, 11) is 2.17. The number of nitrogens with zero attached hydrogens (tertiary/aromatic N) is 2. The molecule has 2 atom stereocenters. The van der Waals surface area contributed by atoms with Crippen LogP contribution in [-0.4, -0.2) is 60.3 Å². The number of benzene rings is 1. The lowest BCUT2D eigenvalue weighted by Gasteiger charge is -2.42. The molecule has 1 aromatic carbocycles. The van der Waals surface area contributed by atoms with Crippen LogP contribution in [0.2, 0.25) is 0 Å². The van der Waals surface area contributed by atoms with Gasteiger partial charge in [0.05, 0.1) is 5.60 Å². The topological polar surface area (TPSA) is 26.7 Å². The molecule has 1 saturated heterocycles. The summed E-state index contributed by atoms with van der Waals surface area (Å²) in [5.41, 5.74) is 0.212. The molecule has 3 rings (SSSR count). The minimum Gasteiger partial charge on any atom is -0.389 e. The van der Waals surface area contributed by atoms with Crippen molar-refractivity contribution in [2.45, 2.75) is 50.5 Å². The lowest BCUT2D eigenvalue weighted by molar-refractivity contribution is -0.0513. The molecule has 2 unspecified atom stereocenters. The molecule has 2 fully saturated rings. The molecule has 1 N–H and O–H groups in total. The molecular formula is C21H33FN2O. The highest BCUT2D eigenvalue weighted by Crippen LogP contribution is 2.35. The van der Waals surface area contributed by atoms with Crippen LogP contribution >= 0.6 is 0 Å². The largest absolute Gasteiger partial charge is 0.389 e. The Morgan fingerprint density at radius 1 is 1.12 bits per heavy atom. The van der Waals surface area contributed by atoms with E-state index < -0.39 is 5.60 Å². The fourth-order valence-corrected chi connectivity index (χ4v) is 4.48. The number of hydrogen-bond acceptors (Lipinski definition) is 3. The summed E-state index contributed by atoms with van der Waals surface area (Å²) in [6.07, 6.45) is 7.24. The minimum absolute atomic E-state index is 0.206. The molecule has 1 aliphatic heterocycles. The second kappa shape index (κ2) is 8.61. The predicted octanol–water partition coefficient (Wildman–Crippen LogP) is 3.32. The van der Waals surface area contributed by atoms with Crippen LogP contribution in [0.1, 0.15) is 44.1 Å². The molecule has 1 saturated carbocycles. The molecule has 3 nitrogen and oxygen atoms in total. The van der Waals surface area contributed by atoms with E-state index in [4.69, 9.17) is 0 Å². The average Bonchev–Trinajstić information content (AvgIpc) is 2.57. The van der Waals surface area contributed by atoms with Gasteiger partial charge in [-0.05, 0) is 37.6 Å². The van der Waals surface area contributed by atoms with E-state index in [0.29, 0.717) is 6.42 Å². The lowest BCUT2D eigenvalue weighted by atomic mass is 9.74. The first-order valence-corrected chi connectivity index (χ1v) is 9.93. The van der Waals surface area contributed by atoms with E-state index in [0.717, 1.165) is 57.5 Å². The molecule has 4 heteroatoms. The number of halogens is 1. The molecule has 25 heavy (non-hydrogen) atoms. The molecule has 1 heterocycles. The maximum atomic E-state index is 13.6. The lowest BCUT2D eigenvalue weighted by Crippen LogP contribution is -2.51. The third kappa shape index (κ3) is 5.25. The van der Waals surface area contributed by atoms with Crippen molar-refractivity contribution in [2.24, 2.45) is 5.92 Å². The van der Waals surface area contributed by atoms with E-state index >= 15 is 0 Å². The third-order valence-electron chi connectivity index (χ3n) is 6.15. The van der Waals surface area contributed by atoms with Crippen molar-refractivity contribution in [1.82, 2.24) is 9.80 Å². The predicted molar refractivity (Wildman–Crippen MR) is 100 cm³/mol. The van der Waals surface area contributed by atoms with Crippen molar-refractivity contribution >= 4 is 0 Å².